The van der Waals surface area contributed by atoms with Gasteiger partial charge in [0.1, 0.15) is 0 Å². The number of rotatable bonds is 8. The third-order valence-electron chi connectivity index (χ3n) is 5.83. The van der Waals surface area contributed by atoms with E-state index in [9.17, 15) is 18.0 Å². The van der Waals surface area contributed by atoms with Crippen LogP contribution in [0.25, 0.3) is 0 Å². The van der Waals surface area contributed by atoms with Crippen molar-refractivity contribution in [1.82, 2.24) is 9.62 Å². The molecule has 3 rings (SSSR count). The molecule has 0 spiro atoms. The number of carbonyl (C=O) groups is 2. The number of hydrogen-bond donors (Lipinski definition) is 1. The highest BCUT2D eigenvalue weighted by Gasteiger charge is 2.27. The van der Waals surface area contributed by atoms with E-state index in [1.807, 2.05) is 4.90 Å². The molecule has 1 saturated heterocycles. The van der Waals surface area contributed by atoms with Gasteiger partial charge in [-0.2, -0.15) is 0 Å². The minimum absolute atomic E-state index is 0.0522. The van der Waals surface area contributed by atoms with Crippen LogP contribution in [0.3, 0.4) is 0 Å². The Hall–Kier alpha value is -1.93. The van der Waals surface area contributed by atoms with Crippen LogP contribution in [0, 0.1) is 5.92 Å². The van der Waals surface area contributed by atoms with E-state index in [0.29, 0.717) is 25.4 Å². The molecule has 8 heteroatoms. The molecule has 1 fully saturated rings. The standard InChI is InChI=1S/C22H33N3O4S/c1-17(2)10-12-23-30(28,29)19-6-7-20-18(16-19)11-15-25(20)22(27)9-8-21(26)24-13-4-3-5-14-24/h6-7,16-17,23H,3-5,8-15H2,1-2H3. The van der Waals surface area contributed by atoms with E-state index in [-0.39, 0.29) is 29.6 Å². The summed E-state index contributed by atoms with van der Waals surface area (Å²) in [4.78, 5) is 28.8. The number of carbonyl (C=O) groups excluding carboxylic acids is 2. The van der Waals surface area contributed by atoms with Gasteiger partial charge in [-0.1, -0.05) is 13.8 Å². The number of amides is 2. The molecule has 1 aromatic rings. The van der Waals surface area contributed by atoms with Crippen LogP contribution in [0.4, 0.5) is 5.69 Å². The minimum atomic E-state index is -3.55. The van der Waals surface area contributed by atoms with Gasteiger partial charge in [-0.3, -0.25) is 9.59 Å². The zero-order chi connectivity index (χ0) is 21.7. The van der Waals surface area contributed by atoms with Crippen molar-refractivity contribution in [3.8, 4) is 0 Å². The Labute approximate surface area is 179 Å². The molecule has 7 nitrogen and oxygen atoms in total. The maximum Gasteiger partial charge on any atom is 0.240 e. The normalized spacial score (nSPS) is 16.8. The first-order chi connectivity index (χ1) is 14.3. The fraction of sp³-hybridized carbons (Fsp3) is 0.636. The summed E-state index contributed by atoms with van der Waals surface area (Å²) in [7, 11) is -3.55. The van der Waals surface area contributed by atoms with Crippen LogP contribution in [-0.4, -0.2) is 51.3 Å². The molecule has 2 aliphatic rings. The molecule has 0 atom stereocenters. The van der Waals surface area contributed by atoms with Crippen molar-refractivity contribution in [3.05, 3.63) is 23.8 Å². The molecule has 0 saturated carbocycles. The van der Waals surface area contributed by atoms with Crippen molar-refractivity contribution in [2.75, 3.05) is 31.1 Å². The number of piperidine rings is 1. The second-order valence-corrected chi connectivity index (χ2v) is 10.4. The molecular formula is C22H33N3O4S. The molecule has 1 N–H and O–H groups in total. The van der Waals surface area contributed by atoms with Gasteiger partial charge >= 0.3 is 0 Å². The minimum Gasteiger partial charge on any atom is -0.343 e. The van der Waals surface area contributed by atoms with Gasteiger partial charge in [0.05, 0.1) is 4.90 Å². The Kier molecular flexibility index (Phi) is 7.52. The first-order valence-corrected chi connectivity index (χ1v) is 12.5. The van der Waals surface area contributed by atoms with Crippen molar-refractivity contribution in [2.24, 2.45) is 5.92 Å². The summed E-state index contributed by atoms with van der Waals surface area (Å²) < 4.78 is 27.7. The topological polar surface area (TPSA) is 86.8 Å². The van der Waals surface area contributed by atoms with Gasteiger partial charge in [0.2, 0.25) is 21.8 Å². The third kappa shape index (κ3) is 5.60. The van der Waals surface area contributed by atoms with Gasteiger partial charge in [0.25, 0.3) is 0 Å². The predicted molar refractivity (Wildman–Crippen MR) is 117 cm³/mol. The Morgan fingerprint density at radius 1 is 1.03 bits per heavy atom. The smallest absolute Gasteiger partial charge is 0.240 e. The lowest BCUT2D eigenvalue weighted by atomic mass is 10.1. The van der Waals surface area contributed by atoms with E-state index in [0.717, 1.165) is 50.0 Å². The van der Waals surface area contributed by atoms with Gasteiger partial charge in [-0.05, 0) is 61.8 Å². The lowest BCUT2D eigenvalue weighted by Crippen LogP contribution is -2.37. The predicted octanol–water partition coefficient (Wildman–Crippen LogP) is 2.69. The SMILES string of the molecule is CC(C)CCNS(=O)(=O)c1ccc2c(c1)CCN2C(=O)CCC(=O)N1CCCCC1. The number of fused-ring (bicyclic) bond motifs is 1. The van der Waals surface area contributed by atoms with Crippen LogP contribution in [0.1, 0.15) is 57.9 Å². The molecule has 2 amide bonds. The summed E-state index contributed by atoms with van der Waals surface area (Å²) in [5.41, 5.74) is 1.61. The Morgan fingerprint density at radius 3 is 2.43 bits per heavy atom. The summed E-state index contributed by atoms with van der Waals surface area (Å²) in [6, 6.07) is 4.93. The van der Waals surface area contributed by atoms with Crippen LogP contribution < -0.4 is 9.62 Å². The first-order valence-electron chi connectivity index (χ1n) is 11.0. The molecule has 30 heavy (non-hydrogen) atoms. The van der Waals surface area contributed by atoms with E-state index in [1.54, 1.807) is 23.1 Å². The molecule has 0 bridgehead atoms. The second-order valence-electron chi connectivity index (χ2n) is 8.61. The lowest BCUT2D eigenvalue weighted by molar-refractivity contribution is -0.133. The van der Waals surface area contributed by atoms with Crippen LogP contribution in [0.2, 0.25) is 0 Å². The number of nitrogens with zero attached hydrogens (tertiary/aromatic N) is 2. The zero-order valence-corrected chi connectivity index (χ0v) is 18.8. The van der Waals surface area contributed by atoms with Crippen LogP contribution in [0.15, 0.2) is 23.1 Å². The van der Waals surface area contributed by atoms with Gasteiger partial charge in [-0.15, -0.1) is 0 Å². The summed E-state index contributed by atoms with van der Waals surface area (Å²) in [5, 5.41) is 0. The molecular weight excluding hydrogens is 402 g/mol. The monoisotopic (exact) mass is 435 g/mol. The quantitative estimate of drug-likeness (QED) is 0.680. The fourth-order valence-electron chi connectivity index (χ4n) is 4.02. The number of nitrogens with one attached hydrogen (secondary N) is 1. The number of benzene rings is 1. The molecule has 166 valence electrons. The van der Waals surface area contributed by atoms with E-state index >= 15 is 0 Å². The summed E-state index contributed by atoms with van der Waals surface area (Å²) in [5.74, 6) is 0.398. The molecule has 2 heterocycles. The fourth-order valence-corrected chi connectivity index (χ4v) is 5.12. The Bertz CT molecular complexity index is 876. The van der Waals surface area contributed by atoms with E-state index < -0.39 is 10.0 Å². The lowest BCUT2D eigenvalue weighted by Gasteiger charge is -2.27. The number of likely N-dealkylation sites (tertiary alicyclic amines) is 1. The average Bonchev–Trinajstić information content (AvgIpc) is 3.15. The third-order valence-corrected chi connectivity index (χ3v) is 7.29. The number of anilines is 1. The van der Waals surface area contributed by atoms with Crippen molar-refractivity contribution < 1.29 is 18.0 Å². The largest absolute Gasteiger partial charge is 0.343 e. The Balaban J connectivity index is 1.59. The summed E-state index contributed by atoms with van der Waals surface area (Å²) >= 11 is 0. The van der Waals surface area contributed by atoms with E-state index in [2.05, 4.69) is 18.6 Å². The zero-order valence-electron chi connectivity index (χ0n) is 18.0. The summed E-state index contributed by atoms with van der Waals surface area (Å²) in [6.45, 7) is 6.62. The average molecular weight is 436 g/mol. The number of hydrogen-bond acceptors (Lipinski definition) is 4. The van der Waals surface area contributed by atoms with Crippen LogP contribution in [-0.2, 0) is 26.0 Å². The van der Waals surface area contributed by atoms with Gasteiger partial charge < -0.3 is 9.80 Å². The molecule has 1 aromatic carbocycles. The van der Waals surface area contributed by atoms with Gasteiger partial charge in [-0.25, -0.2) is 13.1 Å². The van der Waals surface area contributed by atoms with Gasteiger partial charge in [0, 0.05) is 44.7 Å². The Morgan fingerprint density at radius 2 is 1.73 bits per heavy atom. The van der Waals surface area contributed by atoms with Crippen LogP contribution in [0.5, 0.6) is 0 Å². The molecule has 0 radical (unpaired) electrons. The molecule has 0 aromatic heterocycles. The van der Waals surface area contributed by atoms with Crippen molar-refractivity contribution >= 4 is 27.5 Å². The van der Waals surface area contributed by atoms with E-state index in [1.165, 1.54) is 0 Å². The highest BCUT2D eigenvalue weighted by atomic mass is 32.2. The second kappa shape index (κ2) is 9.92. The maximum atomic E-state index is 12.7. The number of sulfonamides is 1. The van der Waals surface area contributed by atoms with Crippen molar-refractivity contribution in [1.29, 1.82) is 0 Å². The highest BCUT2D eigenvalue weighted by molar-refractivity contribution is 7.89. The van der Waals surface area contributed by atoms with Gasteiger partial charge in [0.15, 0.2) is 0 Å². The van der Waals surface area contributed by atoms with E-state index in [4.69, 9.17) is 0 Å². The maximum absolute atomic E-state index is 12.7. The molecule has 2 aliphatic heterocycles. The van der Waals surface area contributed by atoms with Crippen LogP contribution >= 0.6 is 0 Å². The molecule has 0 unspecified atom stereocenters. The highest BCUT2D eigenvalue weighted by Crippen LogP contribution is 2.31. The van der Waals surface area contributed by atoms with Crippen molar-refractivity contribution in [2.45, 2.75) is 63.7 Å². The summed E-state index contributed by atoms with van der Waals surface area (Å²) in [6.07, 6.45) is 5.06. The molecule has 0 aliphatic carbocycles. The first kappa shape index (κ1) is 22.7. The van der Waals surface area contributed by atoms with Crippen molar-refractivity contribution in [3.63, 3.8) is 0 Å².